The monoisotopic (exact) mass is 483 g/mol. The number of Topliss-reactive ketones (excluding diaryl/α,β-unsaturated/α-hetero) is 1. The topological polar surface area (TPSA) is 121 Å². The Morgan fingerprint density at radius 3 is 2.58 bits per heavy atom. The molecule has 0 radical (unpaired) electrons. The van der Waals surface area contributed by atoms with Gasteiger partial charge in [0.05, 0.1) is 39.3 Å². The Hall–Kier alpha value is -2.67. The minimum Gasteiger partial charge on any atom is -0.435 e. The van der Waals surface area contributed by atoms with Crippen LogP contribution in [0.25, 0.3) is 0 Å². The third-order valence-electron chi connectivity index (χ3n) is 3.63. The third kappa shape index (κ3) is 6.40. The summed E-state index contributed by atoms with van der Waals surface area (Å²) in [6.45, 7) is 3.18. The second-order valence-electron chi connectivity index (χ2n) is 5.94. The third-order valence-corrected chi connectivity index (χ3v) is 5.13. The number of alkyl halides is 3. The van der Waals surface area contributed by atoms with E-state index in [-0.39, 0.29) is 24.1 Å². The highest BCUT2D eigenvalue weighted by Crippen LogP contribution is 2.38. The molecular formula is C17H17ClF3N3O6S. The lowest BCUT2D eigenvalue weighted by Gasteiger charge is -2.14. The molecule has 0 bridgehead atoms. The number of anilines is 1. The van der Waals surface area contributed by atoms with Crippen molar-refractivity contribution in [3.05, 3.63) is 34.2 Å². The lowest BCUT2D eigenvalue weighted by atomic mass is 10.1. The van der Waals surface area contributed by atoms with Gasteiger partial charge in [-0.1, -0.05) is 16.7 Å². The van der Waals surface area contributed by atoms with Crippen molar-refractivity contribution < 1.29 is 40.9 Å². The van der Waals surface area contributed by atoms with E-state index in [1.54, 1.807) is 6.92 Å². The lowest BCUT2D eigenvalue weighted by molar-refractivity contribution is -0.139. The second-order valence-corrected chi connectivity index (χ2v) is 7.64. The fourth-order valence-electron chi connectivity index (χ4n) is 2.39. The van der Waals surface area contributed by atoms with Crippen molar-refractivity contribution in [2.24, 2.45) is 0 Å². The Bertz CT molecular complexity index is 998. The number of carbonyl (C=O) groups is 2. The molecule has 1 heterocycles. The zero-order chi connectivity index (χ0) is 23.3. The molecule has 0 aliphatic rings. The number of carbonyl (C=O) groups excluding carboxylic acids is 2. The summed E-state index contributed by atoms with van der Waals surface area (Å²) in [6, 6.07) is 1.37. The summed E-state index contributed by atoms with van der Waals surface area (Å²) in [5.74, 6) is -0.901. The van der Waals surface area contributed by atoms with Crippen molar-refractivity contribution in [3.8, 4) is 0 Å². The Morgan fingerprint density at radius 1 is 1.32 bits per heavy atom. The van der Waals surface area contributed by atoms with Gasteiger partial charge in [-0.2, -0.15) is 13.2 Å². The molecule has 170 valence electrons. The van der Waals surface area contributed by atoms with Crippen LogP contribution in [0.2, 0.25) is 5.02 Å². The van der Waals surface area contributed by atoms with Crippen molar-refractivity contribution in [3.63, 3.8) is 0 Å². The molecule has 0 saturated heterocycles. The first-order valence-corrected chi connectivity index (χ1v) is 10.6. The summed E-state index contributed by atoms with van der Waals surface area (Å²) in [7, 11) is -2.10. The van der Waals surface area contributed by atoms with Crippen LogP contribution in [-0.4, -0.2) is 45.4 Å². The van der Waals surface area contributed by atoms with Crippen LogP contribution >= 0.6 is 11.6 Å². The van der Waals surface area contributed by atoms with Gasteiger partial charge in [-0.05, 0) is 26.0 Å². The normalized spacial score (nSPS) is 13.4. The van der Waals surface area contributed by atoms with Crippen LogP contribution in [0.5, 0.6) is 0 Å². The predicted molar refractivity (Wildman–Crippen MR) is 102 cm³/mol. The summed E-state index contributed by atoms with van der Waals surface area (Å²) in [5, 5.41) is 9.27. The molecule has 2 atom stereocenters. The summed E-state index contributed by atoms with van der Waals surface area (Å²) in [6.07, 6.45) is -6.06. The van der Waals surface area contributed by atoms with Gasteiger partial charge in [0.15, 0.2) is 12.0 Å². The smallest absolute Gasteiger partial charge is 0.435 e. The van der Waals surface area contributed by atoms with Crippen molar-refractivity contribution >= 4 is 40.4 Å². The molecule has 0 aliphatic carbocycles. The molecule has 1 aromatic heterocycles. The first-order chi connectivity index (χ1) is 14.4. The fourth-order valence-corrected chi connectivity index (χ4v) is 3.84. The van der Waals surface area contributed by atoms with Crippen LogP contribution in [0.3, 0.4) is 0 Å². The molecule has 2 rings (SSSR count). The molecule has 14 heteroatoms. The van der Waals surface area contributed by atoms with Crippen LogP contribution in [0.1, 0.15) is 35.7 Å². The number of rotatable bonds is 8. The van der Waals surface area contributed by atoms with E-state index in [9.17, 15) is 27.0 Å². The average Bonchev–Trinajstić information content (AvgIpc) is 3.06. The van der Waals surface area contributed by atoms with E-state index in [1.807, 2.05) is 0 Å². The maximum absolute atomic E-state index is 13.1. The lowest BCUT2D eigenvalue weighted by Crippen LogP contribution is -2.23. The largest absolute Gasteiger partial charge is 0.510 e. The van der Waals surface area contributed by atoms with Gasteiger partial charge >= 0.3 is 18.3 Å². The molecule has 2 unspecified atom stereocenters. The Labute approximate surface area is 181 Å². The zero-order valence-corrected chi connectivity index (χ0v) is 18.0. The molecule has 1 aromatic carbocycles. The number of aromatic nitrogens is 2. The van der Waals surface area contributed by atoms with E-state index in [0.29, 0.717) is 6.07 Å². The van der Waals surface area contributed by atoms with E-state index in [2.05, 4.69) is 20.3 Å². The quantitative estimate of drug-likeness (QED) is 0.339. The van der Waals surface area contributed by atoms with Crippen molar-refractivity contribution in [2.45, 2.75) is 37.6 Å². The van der Waals surface area contributed by atoms with Gasteiger partial charge in [0.2, 0.25) is 5.89 Å². The molecule has 2 aromatic rings. The maximum atomic E-state index is 13.1. The van der Waals surface area contributed by atoms with E-state index in [0.717, 1.165) is 12.3 Å². The zero-order valence-electron chi connectivity index (χ0n) is 16.4. The summed E-state index contributed by atoms with van der Waals surface area (Å²) in [4.78, 5) is 23.1. The van der Waals surface area contributed by atoms with Crippen molar-refractivity contribution in [1.29, 1.82) is 0 Å². The van der Waals surface area contributed by atoms with E-state index >= 15 is 0 Å². The SMILES string of the molecule is CCOC(=O)OC(C)Nc1nnc(CC(=O)c2ccc(C(F)(F)F)c(S(C)=O)c2Cl)o1. The first kappa shape index (κ1) is 24.6. The molecule has 9 nitrogen and oxygen atoms in total. The second kappa shape index (κ2) is 10.1. The highest BCUT2D eigenvalue weighted by Gasteiger charge is 2.36. The van der Waals surface area contributed by atoms with Gasteiger partial charge < -0.3 is 19.2 Å². The number of halogens is 4. The number of benzene rings is 1. The van der Waals surface area contributed by atoms with Gasteiger partial charge in [0, 0.05) is 11.8 Å². The minimum absolute atomic E-state index is 0.123. The van der Waals surface area contributed by atoms with Crippen molar-refractivity contribution in [2.75, 3.05) is 18.2 Å². The van der Waals surface area contributed by atoms with Gasteiger partial charge in [-0.25, -0.2) is 4.79 Å². The number of hydrogen-bond donors (Lipinski definition) is 1. The Morgan fingerprint density at radius 2 is 2.00 bits per heavy atom. The van der Waals surface area contributed by atoms with Gasteiger partial charge in [-0.15, -0.1) is 5.10 Å². The van der Waals surface area contributed by atoms with E-state index in [4.69, 9.17) is 20.8 Å². The highest BCUT2D eigenvalue weighted by atomic mass is 35.5. The van der Waals surface area contributed by atoms with Gasteiger partial charge in [0.25, 0.3) is 0 Å². The Balaban J connectivity index is 2.15. The van der Waals surface area contributed by atoms with Crippen LogP contribution in [-0.2, 0) is 32.9 Å². The number of hydrogen-bond acceptors (Lipinski definition) is 9. The molecule has 0 spiro atoms. The maximum Gasteiger partial charge on any atom is 0.510 e. The van der Waals surface area contributed by atoms with E-state index < -0.39 is 57.0 Å². The fraction of sp³-hybridized carbons (Fsp3) is 0.412. The predicted octanol–water partition coefficient (Wildman–Crippen LogP) is 3.84. The van der Waals surface area contributed by atoms with Crippen LogP contribution < -0.4 is 5.32 Å². The number of ether oxygens (including phenoxy) is 2. The molecular weight excluding hydrogens is 467 g/mol. The van der Waals surface area contributed by atoms with Crippen molar-refractivity contribution in [1.82, 2.24) is 10.2 Å². The molecule has 31 heavy (non-hydrogen) atoms. The number of nitrogens with zero attached hydrogens (tertiary/aromatic N) is 2. The van der Waals surface area contributed by atoms with Crippen LogP contribution in [0, 0.1) is 0 Å². The van der Waals surface area contributed by atoms with Crippen LogP contribution in [0.4, 0.5) is 24.0 Å². The first-order valence-electron chi connectivity index (χ1n) is 8.62. The molecule has 0 fully saturated rings. The molecule has 0 saturated carbocycles. The summed E-state index contributed by atoms with van der Waals surface area (Å²) in [5.41, 5.74) is -1.46. The molecule has 0 aliphatic heterocycles. The minimum atomic E-state index is -4.79. The summed E-state index contributed by atoms with van der Waals surface area (Å²) >= 11 is 5.97. The molecule has 1 N–H and O–H groups in total. The van der Waals surface area contributed by atoms with Crippen LogP contribution in [0.15, 0.2) is 21.4 Å². The standard InChI is InChI=1S/C17H17ClF3N3O6S/c1-4-28-16(26)29-8(2)22-15-24-23-12(30-15)7-11(25)9-5-6-10(17(19,20)21)14(13(9)18)31(3)27/h5-6,8H,4,7H2,1-3H3,(H,22,24). The number of ketones is 1. The average molecular weight is 484 g/mol. The van der Waals surface area contributed by atoms with Gasteiger partial charge in [-0.3, -0.25) is 9.00 Å². The summed E-state index contributed by atoms with van der Waals surface area (Å²) < 4.78 is 65.9. The Kier molecular flexibility index (Phi) is 8.01. The highest BCUT2D eigenvalue weighted by molar-refractivity contribution is 7.84. The van der Waals surface area contributed by atoms with E-state index in [1.165, 1.54) is 6.92 Å². The number of nitrogens with one attached hydrogen (secondary N) is 1. The van der Waals surface area contributed by atoms with Gasteiger partial charge in [0.1, 0.15) is 0 Å². The molecule has 0 amide bonds.